The molecular formula is C6H7NO. The van der Waals surface area contributed by atoms with Crippen LogP contribution < -0.4 is 0 Å². The number of aldehydes is 1. The van der Waals surface area contributed by atoms with E-state index in [9.17, 15) is 4.79 Å². The van der Waals surface area contributed by atoms with E-state index in [4.69, 9.17) is 0 Å². The molecule has 0 atom stereocenters. The SMILES string of the molecule is CC1=NCC=C1C=O. The highest BCUT2D eigenvalue weighted by Gasteiger charge is 2.02. The topological polar surface area (TPSA) is 29.4 Å². The Bertz CT molecular complexity index is 167. The van der Waals surface area contributed by atoms with Crippen LogP contribution in [-0.2, 0) is 4.79 Å². The van der Waals surface area contributed by atoms with Gasteiger partial charge in [0.25, 0.3) is 0 Å². The fourth-order valence-corrected chi connectivity index (χ4v) is 0.653. The summed E-state index contributed by atoms with van der Waals surface area (Å²) in [6, 6.07) is 0. The van der Waals surface area contributed by atoms with Gasteiger partial charge in [0.05, 0.1) is 6.54 Å². The Morgan fingerprint density at radius 1 is 1.88 bits per heavy atom. The molecule has 42 valence electrons. The average Bonchev–Trinajstić information content (AvgIpc) is 2.14. The maximum absolute atomic E-state index is 10.1. The van der Waals surface area contributed by atoms with Crippen LogP contribution in [0.3, 0.4) is 0 Å². The van der Waals surface area contributed by atoms with Crippen LogP contribution in [0.5, 0.6) is 0 Å². The van der Waals surface area contributed by atoms with Crippen molar-refractivity contribution in [1.29, 1.82) is 0 Å². The van der Waals surface area contributed by atoms with E-state index in [1.807, 2.05) is 13.0 Å². The highest BCUT2D eigenvalue weighted by molar-refractivity contribution is 6.14. The molecular weight excluding hydrogens is 102 g/mol. The summed E-state index contributed by atoms with van der Waals surface area (Å²) in [5, 5.41) is 0. The molecule has 0 aliphatic carbocycles. The third-order valence-electron chi connectivity index (χ3n) is 1.18. The summed E-state index contributed by atoms with van der Waals surface area (Å²) in [5.74, 6) is 0. The van der Waals surface area contributed by atoms with Crippen molar-refractivity contribution in [2.75, 3.05) is 6.54 Å². The predicted octanol–water partition coefficient (Wildman–Crippen LogP) is 0.586. The number of carbonyl (C=O) groups is 1. The van der Waals surface area contributed by atoms with Crippen molar-refractivity contribution in [1.82, 2.24) is 0 Å². The number of allylic oxidation sites excluding steroid dienone is 1. The first-order valence-electron chi connectivity index (χ1n) is 2.51. The van der Waals surface area contributed by atoms with Gasteiger partial charge in [0, 0.05) is 11.3 Å². The lowest BCUT2D eigenvalue weighted by Crippen LogP contribution is -1.92. The minimum Gasteiger partial charge on any atom is -0.298 e. The van der Waals surface area contributed by atoms with Crippen LogP contribution in [0.2, 0.25) is 0 Å². The van der Waals surface area contributed by atoms with E-state index in [2.05, 4.69) is 4.99 Å². The second kappa shape index (κ2) is 1.90. The molecule has 0 bridgehead atoms. The van der Waals surface area contributed by atoms with Gasteiger partial charge in [-0.05, 0) is 6.92 Å². The van der Waals surface area contributed by atoms with Crippen molar-refractivity contribution in [3.63, 3.8) is 0 Å². The van der Waals surface area contributed by atoms with Crippen LogP contribution >= 0.6 is 0 Å². The maximum Gasteiger partial charge on any atom is 0.151 e. The summed E-state index contributed by atoms with van der Waals surface area (Å²) in [6.07, 6.45) is 2.66. The standard InChI is InChI=1S/C6H7NO/c1-5-6(4-8)2-3-7-5/h2,4H,3H2,1H3. The summed E-state index contributed by atoms with van der Waals surface area (Å²) in [4.78, 5) is 14.0. The Hall–Kier alpha value is -0.920. The maximum atomic E-state index is 10.1. The first kappa shape index (κ1) is 5.22. The van der Waals surface area contributed by atoms with Crippen LogP contribution in [0.4, 0.5) is 0 Å². The van der Waals surface area contributed by atoms with E-state index in [0.29, 0.717) is 6.54 Å². The summed E-state index contributed by atoms with van der Waals surface area (Å²) in [5.41, 5.74) is 1.60. The highest BCUT2D eigenvalue weighted by atomic mass is 16.1. The molecule has 1 aliphatic heterocycles. The fraction of sp³-hybridized carbons (Fsp3) is 0.333. The summed E-state index contributed by atoms with van der Waals surface area (Å²) in [6.45, 7) is 2.52. The third-order valence-corrected chi connectivity index (χ3v) is 1.18. The Morgan fingerprint density at radius 3 is 2.88 bits per heavy atom. The van der Waals surface area contributed by atoms with Crippen LogP contribution in [0.1, 0.15) is 6.92 Å². The Morgan fingerprint density at radius 2 is 2.62 bits per heavy atom. The van der Waals surface area contributed by atoms with Crippen LogP contribution in [0.25, 0.3) is 0 Å². The second-order valence-electron chi connectivity index (χ2n) is 1.70. The van der Waals surface area contributed by atoms with E-state index >= 15 is 0 Å². The molecule has 0 spiro atoms. The Balaban J connectivity index is 2.81. The molecule has 0 aromatic heterocycles. The number of nitrogens with zero attached hydrogens (tertiary/aromatic N) is 1. The quantitative estimate of drug-likeness (QED) is 0.453. The number of hydrogen-bond acceptors (Lipinski definition) is 2. The van der Waals surface area contributed by atoms with Gasteiger partial charge in [-0.1, -0.05) is 6.08 Å². The van der Waals surface area contributed by atoms with Gasteiger partial charge in [-0.3, -0.25) is 9.79 Å². The summed E-state index contributed by atoms with van der Waals surface area (Å²) in [7, 11) is 0. The van der Waals surface area contributed by atoms with Crippen molar-refractivity contribution in [2.45, 2.75) is 6.92 Å². The molecule has 0 N–H and O–H groups in total. The van der Waals surface area contributed by atoms with Crippen molar-refractivity contribution in [3.8, 4) is 0 Å². The predicted molar refractivity (Wildman–Crippen MR) is 32.1 cm³/mol. The molecule has 0 saturated carbocycles. The van der Waals surface area contributed by atoms with Crippen molar-refractivity contribution >= 4 is 12.0 Å². The van der Waals surface area contributed by atoms with Gasteiger partial charge in [-0.2, -0.15) is 0 Å². The smallest absolute Gasteiger partial charge is 0.151 e. The molecule has 0 aromatic rings. The van der Waals surface area contributed by atoms with Gasteiger partial charge in [-0.15, -0.1) is 0 Å². The van der Waals surface area contributed by atoms with Crippen molar-refractivity contribution in [3.05, 3.63) is 11.6 Å². The number of rotatable bonds is 1. The van der Waals surface area contributed by atoms with E-state index in [-0.39, 0.29) is 0 Å². The first-order valence-corrected chi connectivity index (χ1v) is 2.51. The molecule has 0 aromatic carbocycles. The van der Waals surface area contributed by atoms with E-state index in [1.54, 1.807) is 0 Å². The van der Waals surface area contributed by atoms with E-state index in [0.717, 1.165) is 17.6 Å². The highest BCUT2D eigenvalue weighted by Crippen LogP contribution is 2.01. The molecule has 2 heteroatoms. The number of hydrogen-bond donors (Lipinski definition) is 0. The monoisotopic (exact) mass is 109 g/mol. The van der Waals surface area contributed by atoms with Gasteiger partial charge >= 0.3 is 0 Å². The van der Waals surface area contributed by atoms with Gasteiger partial charge in [0.2, 0.25) is 0 Å². The normalized spacial score (nSPS) is 17.6. The fourth-order valence-electron chi connectivity index (χ4n) is 0.653. The largest absolute Gasteiger partial charge is 0.298 e. The average molecular weight is 109 g/mol. The molecule has 0 amide bonds. The van der Waals surface area contributed by atoms with Gasteiger partial charge < -0.3 is 0 Å². The van der Waals surface area contributed by atoms with Crippen LogP contribution in [0.15, 0.2) is 16.6 Å². The molecule has 1 aliphatic rings. The molecule has 2 nitrogen and oxygen atoms in total. The Labute approximate surface area is 47.9 Å². The minimum absolute atomic E-state index is 0.680. The lowest BCUT2D eigenvalue weighted by molar-refractivity contribution is -0.104. The summed E-state index contributed by atoms with van der Waals surface area (Å²) < 4.78 is 0. The third kappa shape index (κ3) is 0.689. The molecule has 8 heavy (non-hydrogen) atoms. The summed E-state index contributed by atoms with van der Waals surface area (Å²) >= 11 is 0. The molecule has 1 rings (SSSR count). The van der Waals surface area contributed by atoms with E-state index < -0.39 is 0 Å². The lowest BCUT2D eigenvalue weighted by atomic mass is 10.2. The van der Waals surface area contributed by atoms with Crippen LogP contribution in [-0.4, -0.2) is 18.5 Å². The van der Waals surface area contributed by atoms with Crippen LogP contribution in [0, 0.1) is 0 Å². The molecule has 0 unspecified atom stereocenters. The number of aliphatic imine (C=N–C) groups is 1. The minimum atomic E-state index is 0.680. The van der Waals surface area contributed by atoms with Gasteiger partial charge in [0.15, 0.2) is 6.29 Å². The molecule has 1 heterocycles. The van der Waals surface area contributed by atoms with Gasteiger partial charge in [-0.25, -0.2) is 0 Å². The van der Waals surface area contributed by atoms with Crippen molar-refractivity contribution in [2.24, 2.45) is 4.99 Å². The molecule has 0 fully saturated rings. The first-order chi connectivity index (χ1) is 3.84. The van der Waals surface area contributed by atoms with Gasteiger partial charge in [0.1, 0.15) is 0 Å². The molecule has 0 radical (unpaired) electrons. The van der Waals surface area contributed by atoms with Crippen molar-refractivity contribution < 1.29 is 4.79 Å². The zero-order valence-corrected chi connectivity index (χ0v) is 4.72. The second-order valence-corrected chi connectivity index (χ2v) is 1.70. The van der Waals surface area contributed by atoms with E-state index in [1.165, 1.54) is 0 Å². The zero-order chi connectivity index (χ0) is 5.98. The molecule has 0 saturated heterocycles. The number of carbonyl (C=O) groups excluding carboxylic acids is 1. The Kier molecular flexibility index (Phi) is 1.24. The zero-order valence-electron chi connectivity index (χ0n) is 4.72. The lowest BCUT2D eigenvalue weighted by Gasteiger charge is -1.84.